The molecule has 3 amide bonds. The summed E-state index contributed by atoms with van der Waals surface area (Å²) in [5.74, 6) is -0.808. The highest BCUT2D eigenvalue weighted by molar-refractivity contribution is 7.21. The molecule has 3 N–H and O–H groups in total. The van der Waals surface area contributed by atoms with Crippen LogP contribution in [0.4, 0.5) is 10.5 Å². The number of carbonyl (C=O) groups excluding carboxylic acids is 3. The molecule has 0 radical (unpaired) electrons. The van der Waals surface area contributed by atoms with Crippen molar-refractivity contribution in [3.05, 3.63) is 53.9 Å². The standard InChI is InChI=1S/C26H32N8O5S/c1-16-20(31-23(37)19-13-30-34-15-21(40-24(19)34)18-12-29-32(5)14-18)10-17(11-28-16)22(36)27-6-7-33(8-9-35)25(38)39-26(2,3)4/h10-15,35H,6-9H2,1-5H3,(H,27,36)(H,31,37). The fourth-order valence-corrected chi connectivity index (χ4v) is 4.78. The van der Waals surface area contributed by atoms with Crippen LogP contribution in [0.2, 0.25) is 0 Å². The molecule has 14 heteroatoms. The number of nitrogens with zero attached hydrogens (tertiary/aromatic N) is 6. The van der Waals surface area contributed by atoms with Crippen LogP contribution in [0, 0.1) is 6.92 Å². The molecule has 0 atom stereocenters. The summed E-state index contributed by atoms with van der Waals surface area (Å²) in [5.41, 5.74) is 1.79. The Hall–Kier alpha value is -4.30. The van der Waals surface area contributed by atoms with Crippen molar-refractivity contribution in [3.8, 4) is 10.4 Å². The van der Waals surface area contributed by atoms with E-state index in [0.717, 1.165) is 10.4 Å². The zero-order valence-corrected chi connectivity index (χ0v) is 23.8. The molecule has 13 nitrogen and oxygen atoms in total. The molecule has 0 bridgehead atoms. The Morgan fingerprint density at radius 3 is 2.55 bits per heavy atom. The zero-order valence-electron chi connectivity index (χ0n) is 23.0. The molecule has 4 rings (SSSR count). The fourth-order valence-electron chi connectivity index (χ4n) is 3.75. The number of amides is 3. The average Bonchev–Trinajstić information content (AvgIpc) is 3.59. The number of aliphatic hydroxyl groups is 1. The Balaban J connectivity index is 1.41. The van der Waals surface area contributed by atoms with Crippen molar-refractivity contribution in [2.75, 3.05) is 31.6 Å². The first-order valence-corrected chi connectivity index (χ1v) is 13.4. The van der Waals surface area contributed by atoms with Crippen molar-refractivity contribution in [3.63, 3.8) is 0 Å². The number of aromatic nitrogens is 5. The number of nitrogens with one attached hydrogen (secondary N) is 2. The van der Waals surface area contributed by atoms with Crippen LogP contribution in [-0.2, 0) is 11.8 Å². The van der Waals surface area contributed by atoms with E-state index in [4.69, 9.17) is 4.74 Å². The lowest BCUT2D eigenvalue weighted by Gasteiger charge is -2.27. The number of hydrogen-bond acceptors (Lipinski definition) is 9. The van der Waals surface area contributed by atoms with Gasteiger partial charge in [-0.15, -0.1) is 11.3 Å². The zero-order chi connectivity index (χ0) is 29.0. The van der Waals surface area contributed by atoms with Crippen LogP contribution in [-0.4, -0.2) is 84.1 Å². The maximum Gasteiger partial charge on any atom is 0.410 e. The normalized spacial score (nSPS) is 11.4. The minimum Gasteiger partial charge on any atom is -0.444 e. The van der Waals surface area contributed by atoms with Gasteiger partial charge in [0.25, 0.3) is 11.8 Å². The lowest BCUT2D eigenvalue weighted by atomic mass is 10.2. The average molecular weight is 569 g/mol. The Morgan fingerprint density at radius 2 is 1.88 bits per heavy atom. The van der Waals surface area contributed by atoms with E-state index in [1.54, 1.807) is 49.2 Å². The van der Waals surface area contributed by atoms with Gasteiger partial charge in [-0.1, -0.05) is 0 Å². The number of ether oxygens (including phenoxy) is 1. The first kappa shape index (κ1) is 28.7. The molecule has 0 aliphatic carbocycles. The number of carbonyl (C=O) groups is 3. The Morgan fingerprint density at radius 1 is 1.10 bits per heavy atom. The van der Waals surface area contributed by atoms with Gasteiger partial charge < -0.3 is 25.4 Å². The van der Waals surface area contributed by atoms with Gasteiger partial charge in [0.1, 0.15) is 10.4 Å². The monoisotopic (exact) mass is 568 g/mol. The molecular formula is C26H32N8O5S. The van der Waals surface area contributed by atoms with Gasteiger partial charge >= 0.3 is 6.09 Å². The summed E-state index contributed by atoms with van der Waals surface area (Å²) >= 11 is 1.42. The molecule has 0 saturated carbocycles. The number of aliphatic hydroxyl groups excluding tert-OH is 1. The number of aryl methyl sites for hydroxylation is 2. The lowest BCUT2D eigenvalue weighted by molar-refractivity contribution is 0.0220. The van der Waals surface area contributed by atoms with Crippen LogP contribution in [0.25, 0.3) is 15.3 Å². The molecule has 40 heavy (non-hydrogen) atoms. The molecule has 0 aliphatic rings. The van der Waals surface area contributed by atoms with Crippen LogP contribution < -0.4 is 10.6 Å². The van der Waals surface area contributed by atoms with Crippen molar-refractivity contribution in [1.82, 2.24) is 34.6 Å². The number of rotatable bonds is 9. The maximum absolute atomic E-state index is 13.2. The first-order valence-electron chi connectivity index (χ1n) is 12.6. The number of thiazole rings is 1. The highest BCUT2D eigenvalue weighted by atomic mass is 32.1. The fraction of sp³-hybridized carbons (Fsp3) is 0.385. The highest BCUT2D eigenvalue weighted by Gasteiger charge is 2.22. The van der Waals surface area contributed by atoms with Crippen LogP contribution in [0.15, 0.2) is 37.1 Å². The number of fused-ring (bicyclic) bond motifs is 1. The second-order valence-corrected chi connectivity index (χ2v) is 11.1. The minimum atomic E-state index is -0.684. The lowest BCUT2D eigenvalue weighted by Crippen LogP contribution is -2.42. The number of hydrogen-bond donors (Lipinski definition) is 3. The molecule has 4 aromatic rings. The van der Waals surface area contributed by atoms with E-state index in [1.807, 2.05) is 19.4 Å². The van der Waals surface area contributed by atoms with E-state index >= 15 is 0 Å². The summed E-state index contributed by atoms with van der Waals surface area (Å²) in [6.07, 6.45) is 7.81. The van der Waals surface area contributed by atoms with E-state index in [1.165, 1.54) is 28.6 Å². The van der Waals surface area contributed by atoms with E-state index < -0.39 is 17.6 Å². The van der Waals surface area contributed by atoms with Crippen molar-refractivity contribution in [2.24, 2.45) is 7.05 Å². The third-order valence-corrected chi connectivity index (χ3v) is 6.88. The SMILES string of the molecule is Cc1ncc(C(=O)NCCN(CCO)C(=O)OC(C)(C)C)cc1NC(=O)c1cnn2cc(-c3cnn(C)c3)sc12. The molecule has 0 saturated heterocycles. The predicted octanol–water partition coefficient (Wildman–Crippen LogP) is 2.71. The summed E-state index contributed by atoms with van der Waals surface area (Å²) in [4.78, 5) is 45.5. The highest BCUT2D eigenvalue weighted by Crippen LogP contribution is 2.30. The van der Waals surface area contributed by atoms with Gasteiger partial charge in [-0.2, -0.15) is 10.2 Å². The molecule has 4 aromatic heterocycles. The van der Waals surface area contributed by atoms with Crippen LogP contribution in [0.1, 0.15) is 47.2 Å². The van der Waals surface area contributed by atoms with Crippen LogP contribution in [0.3, 0.4) is 0 Å². The van der Waals surface area contributed by atoms with Crippen molar-refractivity contribution < 1.29 is 24.2 Å². The van der Waals surface area contributed by atoms with Gasteiger partial charge in [-0.25, -0.2) is 9.31 Å². The van der Waals surface area contributed by atoms with Crippen molar-refractivity contribution in [2.45, 2.75) is 33.3 Å². The molecule has 0 aliphatic heterocycles. The molecule has 4 heterocycles. The first-order chi connectivity index (χ1) is 18.9. The quantitative estimate of drug-likeness (QED) is 0.278. The van der Waals surface area contributed by atoms with Crippen molar-refractivity contribution in [1.29, 1.82) is 0 Å². The van der Waals surface area contributed by atoms with Gasteiger partial charge in [-0.05, 0) is 33.8 Å². The summed E-state index contributed by atoms with van der Waals surface area (Å²) in [6, 6.07) is 1.55. The molecular weight excluding hydrogens is 536 g/mol. The molecule has 0 aromatic carbocycles. The van der Waals surface area contributed by atoms with E-state index in [-0.39, 0.29) is 37.7 Å². The molecule has 0 unspecified atom stereocenters. The summed E-state index contributed by atoms with van der Waals surface area (Å²) in [6.45, 7) is 7.08. The molecule has 212 valence electrons. The number of pyridine rings is 1. The summed E-state index contributed by atoms with van der Waals surface area (Å²) in [5, 5.41) is 23.4. The predicted molar refractivity (Wildman–Crippen MR) is 149 cm³/mol. The summed E-state index contributed by atoms with van der Waals surface area (Å²) < 4.78 is 8.70. The second kappa shape index (κ2) is 11.8. The van der Waals surface area contributed by atoms with E-state index in [9.17, 15) is 19.5 Å². The van der Waals surface area contributed by atoms with E-state index in [2.05, 4.69) is 25.8 Å². The van der Waals surface area contributed by atoms with Gasteiger partial charge in [0, 0.05) is 50.8 Å². The smallest absolute Gasteiger partial charge is 0.410 e. The van der Waals surface area contributed by atoms with Gasteiger partial charge in [0.05, 0.1) is 46.4 Å². The Bertz CT molecular complexity index is 1530. The van der Waals surface area contributed by atoms with Crippen LogP contribution >= 0.6 is 11.3 Å². The molecule has 0 fully saturated rings. The third-order valence-electron chi connectivity index (χ3n) is 5.72. The molecule has 0 spiro atoms. The Labute approximate surface area is 234 Å². The third kappa shape index (κ3) is 6.82. The topological polar surface area (TPSA) is 156 Å². The van der Waals surface area contributed by atoms with Gasteiger partial charge in [0.2, 0.25) is 0 Å². The van der Waals surface area contributed by atoms with Crippen LogP contribution in [0.5, 0.6) is 0 Å². The van der Waals surface area contributed by atoms with E-state index in [0.29, 0.717) is 21.8 Å². The number of anilines is 1. The van der Waals surface area contributed by atoms with Gasteiger partial charge in [0.15, 0.2) is 0 Å². The summed E-state index contributed by atoms with van der Waals surface area (Å²) in [7, 11) is 1.84. The largest absolute Gasteiger partial charge is 0.444 e. The van der Waals surface area contributed by atoms with Gasteiger partial charge in [-0.3, -0.25) is 19.3 Å². The van der Waals surface area contributed by atoms with Crippen molar-refractivity contribution >= 4 is 39.8 Å². The maximum atomic E-state index is 13.2. The Kier molecular flexibility index (Phi) is 8.49. The second-order valence-electron chi connectivity index (χ2n) is 10.1. The minimum absolute atomic E-state index is 0.0726.